The quantitative estimate of drug-likeness (QED) is 0.747. The van der Waals surface area contributed by atoms with Crippen LogP contribution in [0.1, 0.15) is 11.7 Å². The molecule has 68 valence electrons. The first-order valence-corrected chi connectivity index (χ1v) is 4.12. The van der Waals surface area contributed by atoms with Crippen LogP contribution in [0.25, 0.3) is 0 Å². The van der Waals surface area contributed by atoms with Gasteiger partial charge in [-0.15, -0.1) is 0 Å². The van der Waals surface area contributed by atoms with Gasteiger partial charge >= 0.3 is 0 Å². The summed E-state index contributed by atoms with van der Waals surface area (Å²) in [5, 5.41) is 0. The van der Waals surface area contributed by atoms with Gasteiger partial charge in [0.05, 0.1) is 7.11 Å². The van der Waals surface area contributed by atoms with Crippen LogP contribution in [-0.4, -0.2) is 7.11 Å². The highest BCUT2D eigenvalue weighted by molar-refractivity contribution is 5.30. The summed E-state index contributed by atoms with van der Waals surface area (Å²) in [4.78, 5) is 5.21. The lowest BCUT2D eigenvalue weighted by atomic mass is 10.1. The van der Waals surface area contributed by atoms with Crippen LogP contribution < -0.4 is 10.2 Å². The number of ether oxygens (including phenoxy) is 1. The first-order chi connectivity index (χ1) is 6.40. The molecule has 3 heteroatoms. The molecule has 0 saturated carbocycles. The largest absolute Gasteiger partial charge is 0.497 e. The van der Waals surface area contributed by atoms with Crippen LogP contribution in [0.4, 0.5) is 0 Å². The van der Waals surface area contributed by atoms with Crippen LogP contribution in [0.3, 0.4) is 0 Å². The molecule has 1 aliphatic heterocycles. The summed E-state index contributed by atoms with van der Waals surface area (Å²) in [5.74, 6) is 0.860. The second kappa shape index (κ2) is 3.49. The van der Waals surface area contributed by atoms with Crippen molar-refractivity contribution < 1.29 is 9.57 Å². The highest BCUT2D eigenvalue weighted by Gasteiger charge is 2.11. The van der Waals surface area contributed by atoms with Crippen molar-refractivity contribution in [3.63, 3.8) is 0 Å². The van der Waals surface area contributed by atoms with E-state index in [1.54, 1.807) is 13.3 Å². The van der Waals surface area contributed by atoms with Gasteiger partial charge in [0.25, 0.3) is 0 Å². The molecule has 0 radical (unpaired) electrons. The molecule has 1 aromatic rings. The third kappa shape index (κ3) is 1.65. The summed E-state index contributed by atoms with van der Waals surface area (Å²) in [6.45, 7) is 0. The Labute approximate surface area is 76.9 Å². The Balaban J connectivity index is 2.17. The Hall–Kier alpha value is -1.48. The van der Waals surface area contributed by atoms with Crippen molar-refractivity contribution in [2.45, 2.75) is 6.10 Å². The number of methoxy groups -OCH3 is 1. The van der Waals surface area contributed by atoms with Gasteiger partial charge in [-0.3, -0.25) is 10.3 Å². The van der Waals surface area contributed by atoms with Gasteiger partial charge in [0.2, 0.25) is 0 Å². The third-order valence-electron chi connectivity index (χ3n) is 1.98. The minimum atomic E-state index is 0.0194. The third-order valence-corrected chi connectivity index (χ3v) is 1.98. The van der Waals surface area contributed by atoms with Gasteiger partial charge in [0, 0.05) is 6.20 Å². The Kier molecular flexibility index (Phi) is 2.19. The molecule has 1 heterocycles. The molecule has 0 aliphatic carbocycles. The molecule has 0 amide bonds. The topological polar surface area (TPSA) is 30.5 Å². The van der Waals surface area contributed by atoms with Crippen LogP contribution in [-0.2, 0) is 4.84 Å². The SMILES string of the molecule is COc1ccc(C2C=CNO2)cc1. The molecule has 3 nitrogen and oxygen atoms in total. The molecule has 0 bridgehead atoms. The van der Waals surface area contributed by atoms with Gasteiger partial charge in [-0.2, -0.15) is 0 Å². The normalized spacial score (nSPS) is 19.9. The Morgan fingerprint density at radius 1 is 1.31 bits per heavy atom. The number of benzene rings is 1. The molecular formula is C10H11NO2. The van der Waals surface area contributed by atoms with E-state index in [9.17, 15) is 0 Å². The van der Waals surface area contributed by atoms with Gasteiger partial charge in [-0.25, -0.2) is 0 Å². The van der Waals surface area contributed by atoms with Crippen molar-refractivity contribution in [1.82, 2.24) is 5.48 Å². The molecule has 1 aromatic carbocycles. The second-order valence-corrected chi connectivity index (χ2v) is 2.79. The highest BCUT2D eigenvalue weighted by atomic mass is 16.7. The van der Waals surface area contributed by atoms with Gasteiger partial charge in [0.15, 0.2) is 0 Å². The van der Waals surface area contributed by atoms with E-state index < -0.39 is 0 Å². The lowest BCUT2D eigenvalue weighted by Gasteiger charge is -2.07. The minimum absolute atomic E-state index is 0.0194. The smallest absolute Gasteiger partial charge is 0.130 e. The number of hydrogen-bond acceptors (Lipinski definition) is 3. The maximum atomic E-state index is 5.21. The zero-order valence-corrected chi connectivity index (χ0v) is 7.36. The fraction of sp³-hybridized carbons (Fsp3) is 0.200. The van der Waals surface area contributed by atoms with E-state index in [2.05, 4.69) is 5.48 Å². The van der Waals surface area contributed by atoms with E-state index in [4.69, 9.17) is 9.57 Å². The number of hydrogen-bond donors (Lipinski definition) is 1. The molecular weight excluding hydrogens is 166 g/mol. The minimum Gasteiger partial charge on any atom is -0.497 e. The zero-order chi connectivity index (χ0) is 9.10. The van der Waals surface area contributed by atoms with Crippen molar-refractivity contribution in [2.75, 3.05) is 7.11 Å². The lowest BCUT2D eigenvalue weighted by Crippen LogP contribution is -2.03. The lowest BCUT2D eigenvalue weighted by molar-refractivity contribution is 0.0470. The van der Waals surface area contributed by atoms with Gasteiger partial charge in [-0.05, 0) is 23.8 Å². The van der Waals surface area contributed by atoms with E-state index in [-0.39, 0.29) is 6.10 Å². The first-order valence-electron chi connectivity index (χ1n) is 4.12. The second-order valence-electron chi connectivity index (χ2n) is 2.79. The van der Waals surface area contributed by atoms with Crippen LogP contribution >= 0.6 is 0 Å². The standard InChI is InChI=1S/C10H11NO2/c1-12-9-4-2-8(3-5-9)10-6-7-11-13-10/h2-7,10-11H,1H3. The van der Waals surface area contributed by atoms with Crippen molar-refractivity contribution in [3.8, 4) is 5.75 Å². The predicted octanol–water partition coefficient (Wildman–Crippen LogP) is 1.78. The van der Waals surface area contributed by atoms with Crippen LogP contribution in [0.5, 0.6) is 5.75 Å². The number of hydroxylamine groups is 1. The highest BCUT2D eigenvalue weighted by Crippen LogP contribution is 2.22. The summed E-state index contributed by atoms with van der Waals surface area (Å²) in [6, 6.07) is 7.82. The van der Waals surface area contributed by atoms with Crippen LogP contribution in [0.2, 0.25) is 0 Å². The van der Waals surface area contributed by atoms with E-state index in [1.165, 1.54) is 0 Å². The number of rotatable bonds is 2. The summed E-state index contributed by atoms with van der Waals surface area (Å²) in [7, 11) is 1.66. The van der Waals surface area contributed by atoms with E-state index in [1.807, 2.05) is 30.3 Å². The maximum Gasteiger partial charge on any atom is 0.130 e. The Morgan fingerprint density at radius 3 is 2.62 bits per heavy atom. The summed E-state index contributed by atoms with van der Waals surface area (Å²) < 4.78 is 5.06. The van der Waals surface area contributed by atoms with Gasteiger partial charge in [0.1, 0.15) is 11.9 Å². The molecule has 2 rings (SSSR count). The molecule has 0 aromatic heterocycles. The van der Waals surface area contributed by atoms with E-state index in [0.717, 1.165) is 11.3 Å². The molecule has 13 heavy (non-hydrogen) atoms. The van der Waals surface area contributed by atoms with E-state index >= 15 is 0 Å². The molecule has 1 atom stereocenters. The molecule has 1 N–H and O–H groups in total. The average Bonchev–Trinajstić information content (AvgIpc) is 2.71. The summed E-state index contributed by atoms with van der Waals surface area (Å²) in [6.07, 6.45) is 3.77. The van der Waals surface area contributed by atoms with Crippen molar-refractivity contribution in [1.29, 1.82) is 0 Å². The first kappa shape index (κ1) is 8.13. The number of nitrogens with one attached hydrogen (secondary N) is 1. The van der Waals surface area contributed by atoms with Crippen molar-refractivity contribution >= 4 is 0 Å². The van der Waals surface area contributed by atoms with Crippen LogP contribution in [0, 0.1) is 0 Å². The van der Waals surface area contributed by atoms with E-state index in [0.29, 0.717) is 0 Å². The van der Waals surface area contributed by atoms with Crippen molar-refractivity contribution in [2.24, 2.45) is 0 Å². The fourth-order valence-corrected chi connectivity index (χ4v) is 1.25. The zero-order valence-electron chi connectivity index (χ0n) is 7.36. The average molecular weight is 177 g/mol. The monoisotopic (exact) mass is 177 g/mol. The summed E-state index contributed by atoms with van der Waals surface area (Å²) >= 11 is 0. The molecule has 0 saturated heterocycles. The molecule has 0 fully saturated rings. The predicted molar refractivity (Wildman–Crippen MR) is 49.1 cm³/mol. The fourth-order valence-electron chi connectivity index (χ4n) is 1.25. The van der Waals surface area contributed by atoms with Gasteiger partial charge < -0.3 is 4.74 Å². The Morgan fingerprint density at radius 2 is 2.08 bits per heavy atom. The Bertz CT molecular complexity index is 305. The van der Waals surface area contributed by atoms with Gasteiger partial charge in [-0.1, -0.05) is 12.1 Å². The summed E-state index contributed by atoms with van der Waals surface area (Å²) in [5.41, 5.74) is 3.80. The maximum absolute atomic E-state index is 5.21. The van der Waals surface area contributed by atoms with Crippen LogP contribution in [0.15, 0.2) is 36.5 Å². The molecule has 1 aliphatic rings. The van der Waals surface area contributed by atoms with Crippen molar-refractivity contribution in [3.05, 3.63) is 42.1 Å². The molecule has 0 spiro atoms. The molecule has 1 unspecified atom stereocenters.